The Balaban J connectivity index is 2.57. The lowest BCUT2D eigenvalue weighted by Gasteiger charge is -1.96. The van der Waals surface area contributed by atoms with E-state index in [1.807, 2.05) is 18.3 Å². The lowest BCUT2D eigenvalue weighted by atomic mass is 10.1. The standard InChI is InChI=1S/C11H12N2O/c12-4-3-9-6-13-11-2-1-8(7-14)5-10(9)11/h1-2,5-7,13H,3-4,12H2. The summed E-state index contributed by atoms with van der Waals surface area (Å²) in [5, 5.41) is 1.10. The van der Waals surface area contributed by atoms with Crippen molar-refractivity contribution >= 4 is 17.2 Å². The number of carbonyl (C=O) groups is 1. The number of benzene rings is 1. The van der Waals surface area contributed by atoms with Crippen LogP contribution in [-0.4, -0.2) is 17.8 Å². The zero-order valence-corrected chi connectivity index (χ0v) is 7.79. The van der Waals surface area contributed by atoms with Gasteiger partial charge in [0.2, 0.25) is 0 Å². The van der Waals surface area contributed by atoms with Crippen LogP contribution in [0.2, 0.25) is 0 Å². The molecule has 0 aliphatic rings. The third-order valence-corrected chi connectivity index (χ3v) is 2.34. The maximum atomic E-state index is 10.6. The van der Waals surface area contributed by atoms with E-state index in [0.29, 0.717) is 12.1 Å². The predicted octanol–water partition coefficient (Wildman–Crippen LogP) is 1.48. The van der Waals surface area contributed by atoms with Gasteiger partial charge < -0.3 is 10.7 Å². The fraction of sp³-hybridized carbons (Fsp3) is 0.182. The third kappa shape index (κ3) is 1.42. The normalized spacial score (nSPS) is 10.6. The summed E-state index contributed by atoms with van der Waals surface area (Å²) in [4.78, 5) is 13.8. The molecule has 3 nitrogen and oxygen atoms in total. The molecule has 0 amide bonds. The van der Waals surface area contributed by atoms with Crippen molar-refractivity contribution in [2.24, 2.45) is 5.73 Å². The van der Waals surface area contributed by atoms with Crippen molar-refractivity contribution in [1.29, 1.82) is 0 Å². The van der Waals surface area contributed by atoms with E-state index in [9.17, 15) is 4.79 Å². The number of nitrogens with one attached hydrogen (secondary N) is 1. The summed E-state index contributed by atoms with van der Waals surface area (Å²) >= 11 is 0. The van der Waals surface area contributed by atoms with E-state index in [1.54, 1.807) is 6.07 Å². The van der Waals surface area contributed by atoms with Gasteiger partial charge in [-0.05, 0) is 36.7 Å². The fourth-order valence-corrected chi connectivity index (χ4v) is 1.63. The molecule has 0 spiro atoms. The summed E-state index contributed by atoms with van der Waals surface area (Å²) in [6.07, 6.45) is 3.65. The molecule has 0 fully saturated rings. The largest absolute Gasteiger partial charge is 0.361 e. The van der Waals surface area contributed by atoms with Crippen molar-refractivity contribution < 1.29 is 4.79 Å². The zero-order chi connectivity index (χ0) is 9.97. The van der Waals surface area contributed by atoms with Crippen LogP contribution in [0.1, 0.15) is 15.9 Å². The Kier molecular flexibility index (Phi) is 2.33. The summed E-state index contributed by atoms with van der Waals surface area (Å²) < 4.78 is 0. The molecule has 0 aliphatic carbocycles. The third-order valence-electron chi connectivity index (χ3n) is 2.34. The molecule has 72 valence electrons. The first-order chi connectivity index (χ1) is 6.85. The van der Waals surface area contributed by atoms with Crippen LogP contribution >= 0.6 is 0 Å². The summed E-state index contributed by atoms with van der Waals surface area (Å²) in [7, 11) is 0. The molecule has 0 aliphatic heterocycles. The van der Waals surface area contributed by atoms with Gasteiger partial charge in [-0.25, -0.2) is 0 Å². The van der Waals surface area contributed by atoms with Crippen LogP contribution in [0, 0.1) is 0 Å². The average Bonchev–Trinajstić information content (AvgIpc) is 2.61. The quantitative estimate of drug-likeness (QED) is 0.717. The second-order valence-electron chi connectivity index (χ2n) is 3.28. The van der Waals surface area contributed by atoms with Crippen LogP contribution in [0.25, 0.3) is 10.9 Å². The van der Waals surface area contributed by atoms with E-state index < -0.39 is 0 Å². The number of nitrogens with two attached hydrogens (primary N) is 1. The van der Waals surface area contributed by atoms with E-state index in [2.05, 4.69) is 4.98 Å². The number of hydrogen-bond donors (Lipinski definition) is 2. The Bertz CT molecular complexity index is 459. The molecule has 3 N–H and O–H groups in total. The maximum absolute atomic E-state index is 10.6. The highest BCUT2D eigenvalue weighted by Gasteiger charge is 2.03. The van der Waals surface area contributed by atoms with Crippen LogP contribution in [-0.2, 0) is 6.42 Å². The molecule has 2 rings (SSSR count). The number of rotatable bonds is 3. The molecule has 0 radical (unpaired) electrons. The first-order valence-corrected chi connectivity index (χ1v) is 4.60. The van der Waals surface area contributed by atoms with Gasteiger partial charge in [0.25, 0.3) is 0 Å². The van der Waals surface area contributed by atoms with Gasteiger partial charge in [-0.15, -0.1) is 0 Å². The monoisotopic (exact) mass is 188 g/mol. The minimum Gasteiger partial charge on any atom is -0.361 e. The molecule has 2 aromatic rings. The summed E-state index contributed by atoms with van der Waals surface area (Å²) in [6, 6.07) is 5.61. The topological polar surface area (TPSA) is 58.9 Å². The number of aromatic amines is 1. The van der Waals surface area contributed by atoms with Crippen molar-refractivity contribution in [3.05, 3.63) is 35.5 Å². The van der Waals surface area contributed by atoms with Gasteiger partial charge in [-0.1, -0.05) is 0 Å². The summed E-state index contributed by atoms with van der Waals surface area (Å²) in [5.74, 6) is 0. The van der Waals surface area contributed by atoms with Gasteiger partial charge >= 0.3 is 0 Å². The van der Waals surface area contributed by atoms with Gasteiger partial charge in [0.05, 0.1) is 0 Å². The van der Waals surface area contributed by atoms with Crippen LogP contribution < -0.4 is 5.73 Å². The second kappa shape index (κ2) is 3.64. The number of aromatic nitrogens is 1. The van der Waals surface area contributed by atoms with Gasteiger partial charge in [0, 0.05) is 22.7 Å². The molecular formula is C11H12N2O. The maximum Gasteiger partial charge on any atom is 0.150 e. The highest BCUT2D eigenvalue weighted by atomic mass is 16.1. The van der Waals surface area contributed by atoms with Gasteiger partial charge in [-0.2, -0.15) is 0 Å². The smallest absolute Gasteiger partial charge is 0.150 e. The molecule has 0 unspecified atom stereocenters. The van der Waals surface area contributed by atoms with Gasteiger partial charge in [-0.3, -0.25) is 4.79 Å². The number of hydrogen-bond acceptors (Lipinski definition) is 2. The number of H-pyrrole nitrogens is 1. The van der Waals surface area contributed by atoms with Crippen molar-refractivity contribution in [2.75, 3.05) is 6.54 Å². The van der Waals surface area contributed by atoms with Crippen molar-refractivity contribution in [3.63, 3.8) is 0 Å². The SMILES string of the molecule is NCCc1c[nH]c2ccc(C=O)cc12. The van der Waals surface area contributed by atoms with Crippen LogP contribution in [0.4, 0.5) is 0 Å². The van der Waals surface area contributed by atoms with E-state index in [-0.39, 0.29) is 0 Å². The number of fused-ring (bicyclic) bond motifs is 1. The summed E-state index contributed by atoms with van der Waals surface area (Å²) in [5.41, 5.74) is 8.43. The first-order valence-electron chi connectivity index (χ1n) is 4.60. The molecule has 0 bridgehead atoms. The lowest BCUT2D eigenvalue weighted by molar-refractivity contribution is 0.112. The minimum atomic E-state index is 0.623. The molecule has 0 atom stereocenters. The number of aldehydes is 1. The Hall–Kier alpha value is -1.61. The van der Waals surface area contributed by atoms with E-state index in [1.165, 1.54) is 5.56 Å². The van der Waals surface area contributed by atoms with Crippen LogP contribution in [0.15, 0.2) is 24.4 Å². The Morgan fingerprint density at radius 3 is 3.00 bits per heavy atom. The van der Waals surface area contributed by atoms with Gasteiger partial charge in [0.15, 0.2) is 0 Å². The lowest BCUT2D eigenvalue weighted by Crippen LogP contribution is -2.01. The van der Waals surface area contributed by atoms with Crippen LogP contribution in [0.3, 0.4) is 0 Å². The fourth-order valence-electron chi connectivity index (χ4n) is 1.63. The van der Waals surface area contributed by atoms with E-state index in [0.717, 1.165) is 23.6 Å². The average molecular weight is 188 g/mol. The van der Waals surface area contributed by atoms with Gasteiger partial charge in [0.1, 0.15) is 6.29 Å². The minimum absolute atomic E-state index is 0.623. The Morgan fingerprint density at radius 1 is 1.43 bits per heavy atom. The van der Waals surface area contributed by atoms with E-state index >= 15 is 0 Å². The van der Waals surface area contributed by atoms with Crippen molar-refractivity contribution in [1.82, 2.24) is 4.98 Å². The molecular weight excluding hydrogens is 176 g/mol. The molecule has 0 saturated heterocycles. The second-order valence-corrected chi connectivity index (χ2v) is 3.28. The highest BCUT2D eigenvalue weighted by molar-refractivity contribution is 5.89. The predicted molar refractivity (Wildman–Crippen MR) is 56.4 cm³/mol. The molecule has 1 aromatic heterocycles. The van der Waals surface area contributed by atoms with Crippen LogP contribution in [0.5, 0.6) is 0 Å². The molecule has 0 saturated carbocycles. The van der Waals surface area contributed by atoms with E-state index in [4.69, 9.17) is 5.73 Å². The summed E-state index contributed by atoms with van der Waals surface area (Å²) in [6.45, 7) is 0.623. The number of carbonyl (C=O) groups excluding carboxylic acids is 1. The Morgan fingerprint density at radius 2 is 2.29 bits per heavy atom. The molecule has 14 heavy (non-hydrogen) atoms. The molecule has 1 aromatic carbocycles. The molecule has 3 heteroatoms. The highest BCUT2D eigenvalue weighted by Crippen LogP contribution is 2.19. The molecule has 1 heterocycles. The van der Waals surface area contributed by atoms with Crippen molar-refractivity contribution in [3.8, 4) is 0 Å². The first kappa shape index (κ1) is 8.97. The Labute approximate surface area is 81.9 Å². The van der Waals surface area contributed by atoms with Crippen molar-refractivity contribution in [2.45, 2.75) is 6.42 Å². The zero-order valence-electron chi connectivity index (χ0n) is 7.79.